The summed E-state index contributed by atoms with van der Waals surface area (Å²) in [5.74, 6) is -1.41. The minimum atomic E-state index is -4.11. The number of benzene rings is 1. The maximum absolute atomic E-state index is 13.9. The first-order chi connectivity index (χ1) is 14.8. The predicted octanol–water partition coefficient (Wildman–Crippen LogP) is 2.54. The minimum Gasteiger partial charge on any atom is -0.421 e. The lowest BCUT2D eigenvalue weighted by atomic mass is 10.2. The Balaban J connectivity index is 1.31. The van der Waals surface area contributed by atoms with E-state index in [1.165, 1.54) is 11.3 Å². The molecular weight excluding hydrogens is 450 g/mol. The van der Waals surface area contributed by atoms with Gasteiger partial charge in [-0.2, -0.15) is 15.6 Å². The molecule has 0 unspecified atom stereocenters. The van der Waals surface area contributed by atoms with E-state index in [2.05, 4.69) is 10.2 Å². The lowest BCUT2D eigenvalue weighted by Crippen LogP contribution is -2.50. The van der Waals surface area contributed by atoms with E-state index in [0.29, 0.717) is 17.8 Å². The fourth-order valence-corrected chi connectivity index (χ4v) is 5.33. The summed E-state index contributed by atoms with van der Waals surface area (Å²) in [5.41, 5.74) is 0.824. The summed E-state index contributed by atoms with van der Waals surface area (Å²) in [6.45, 7) is 0.386. The summed E-state index contributed by atoms with van der Waals surface area (Å²) in [6.07, 6.45) is 0.417. The largest absolute Gasteiger partial charge is 0.421 e. The molecule has 2 aromatic heterocycles. The first kappa shape index (κ1) is 21.5. The van der Waals surface area contributed by atoms with Crippen LogP contribution < -0.4 is 0 Å². The third-order valence-corrected chi connectivity index (χ3v) is 7.51. The number of amides is 1. The number of thiophene rings is 1. The van der Waals surface area contributed by atoms with Crippen LogP contribution in [0.4, 0.5) is 8.78 Å². The van der Waals surface area contributed by atoms with E-state index in [1.807, 2.05) is 16.8 Å². The van der Waals surface area contributed by atoms with Crippen LogP contribution in [0.15, 0.2) is 44.3 Å². The number of halogens is 2. The Morgan fingerprint density at radius 2 is 1.90 bits per heavy atom. The van der Waals surface area contributed by atoms with Crippen molar-refractivity contribution in [2.24, 2.45) is 0 Å². The molecular formula is C19H18F2N4O4S2. The van der Waals surface area contributed by atoms with E-state index >= 15 is 0 Å². The molecule has 0 spiro atoms. The smallest absolute Gasteiger partial charge is 0.248 e. The summed E-state index contributed by atoms with van der Waals surface area (Å²) in [4.78, 5) is 13.5. The van der Waals surface area contributed by atoms with Gasteiger partial charge in [-0.3, -0.25) is 4.79 Å². The first-order valence-corrected chi connectivity index (χ1v) is 11.8. The summed E-state index contributed by atoms with van der Waals surface area (Å²) in [6, 6.07) is 4.20. The van der Waals surface area contributed by atoms with Crippen LogP contribution in [-0.2, 0) is 21.2 Å². The molecule has 0 bridgehead atoms. The Hall–Kier alpha value is -2.70. The second-order valence-corrected chi connectivity index (χ2v) is 9.56. The summed E-state index contributed by atoms with van der Waals surface area (Å²) in [7, 11) is -4.11. The van der Waals surface area contributed by atoms with Gasteiger partial charge in [0.15, 0.2) is 0 Å². The van der Waals surface area contributed by atoms with Gasteiger partial charge >= 0.3 is 0 Å². The Labute approximate surface area is 181 Å². The van der Waals surface area contributed by atoms with Crippen LogP contribution in [0.2, 0.25) is 0 Å². The van der Waals surface area contributed by atoms with Gasteiger partial charge < -0.3 is 9.32 Å². The van der Waals surface area contributed by atoms with E-state index in [4.69, 9.17) is 4.42 Å². The molecule has 1 aliphatic rings. The summed E-state index contributed by atoms with van der Waals surface area (Å²) < 4.78 is 58.9. The fourth-order valence-electron chi connectivity index (χ4n) is 3.23. The van der Waals surface area contributed by atoms with Crippen LogP contribution in [0.3, 0.4) is 0 Å². The highest BCUT2D eigenvalue weighted by Crippen LogP contribution is 2.23. The monoisotopic (exact) mass is 468 g/mol. The average Bonchev–Trinajstić information content (AvgIpc) is 3.43. The van der Waals surface area contributed by atoms with E-state index < -0.39 is 26.6 Å². The van der Waals surface area contributed by atoms with Gasteiger partial charge in [-0.15, -0.1) is 10.2 Å². The third-order valence-electron chi connectivity index (χ3n) is 4.89. The maximum Gasteiger partial charge on any atom is 0.248 e. The molecule has 1 amide bonds. The van der Waals surface area contributed by atoms with Crippen molar-refractivity contribution >= 4 is 27.3 Å². The van der Waals surface area contributed by atoms with Crippen molar-refractivity contribution in [3.8, 4) is 11.5 Å². The van der Waals surface area contributed by atoms with Crippen LogP contribution in [0, 0.1) is 11.6 Å². The standard InChI is InChI=1S/C19H18F2N4O4S2/c20-14-1-2-16(15(21)11-14)31(27,28)25-8-6-24(7-9-25)18(26)4-3-17-22-23-19(29-17)13-5-10-30-12-13/h1-2,5,10-12H,3-4,6-9H2. The highest BCUT2D eigenvalue weighted by atomic mass is 32.2. The fraction of sp³-hybridized carbons (Fsp3) is 0.316. The van der Waals surface area contributed by atoms with Crippen molar-refractivity contribution < 1.29 is 26.4 Å². The second-order valence-electron chi connectivity index (χ2n) is 6.87. The lowest BCUT2D eigenvalue weighted by Gasteiger charge is -2.34. The molecule has 1 saturated heterocycles. The van der Waals surface area contributed by atoms with Gasteiger partial charge in [-0.1, -0.05) is 0 Å². The lowest BCUT2D eigenvalue weighted by molar-refractivity contribution is -0.132. The number of piperazine rings is 1. The number of hydrogen-bond donors (Lipinski definition) is 0. The van der Waals surface area contributed by atoms with Gasteiger partial charge in [0.25, 0.3) is 0 Å². The zero-order valence-electron chi connectivity index (χ0n) is 16.2. The Morgan fingerprint density at radius 3 is 2.58 bits per heavy atom. The molecule has 4 rings (SSSR count). The molecule has 164 valence electrons. The van der Waals surface area contributed by atoms with Crippen LogP contribution in [0.1, 0.15) is 12.3 Å². The Morgan fingerprint density at radius 1 is 1.13 bits per heavy atom. The molecule has 1 aromatic carbocycles. The number of sulfonamides is 1. The SMILES string of the molecule is O=C(CCc1nnc(-c2ccsc2)o1)N1CCN(S(=O)(=O)c2ccc(F)cc2F)CC1. The Bertz CT molecular complexity index is 1170. The topological polar surface area (TPSA) is 96.6 Å². The van der Waals surface area contributed by atoms with Crippen molar-refractivity contribution in [2.75, 3.05) is 26.2 Å². The summed E-state index contributed by atoms with van der Waals surface area (Å²) >= 11 is 1.51. The van der Waals surface area contributed by atoms with Gasteiger partial charge in [-0.05, 0) is 23.6 Å². The van der Waals surface area contributed by atoms with E-state index in [9.17, 15) is 22.0 Å². The number of aromatic nitrogens is 2. The molecule has 8 nitrogen and oxygen atoms in total. The molecule has 0 radical (unpaired) electrons. The number of carbonyl (C=O) groups excluding carboxylic acids is 1. The van der Waals surface area contributed by atoms with Crippen molar-refractivity contribution in [1.82, 2.24) is 19.4 Å². The van der Waals surface area contributed by atoms with E-state index in [0.717, 1.165) is 22.0 Å². The minimum absolute atomic E-state index is 0.0216. The number of nitrogens with zero attached hydrogens (tertiary/aromatic N) is 4. The van der Waals surface area contributed by atoms with Gasteiger partial charge in [0.2, 0.25) is 27.7 Å². The molecule has 0 N–H and O–H groups in total. The van der Waals surface area contributed by atoms with Gasteiger partial charge in [0.05, 0.1) is 0 Å². The normalized spacial score (nSPS) is 15.4. The molecule has 3 aromatic rings. The molecule has 0 atom stereocenters. The van der Waals surface area contributed by atoms with Crippen molar-refractivity contribution in [3.05, 3.63) is 52.6 Å². The average molecular weight is 469 g/mol. The van der Waals surface area contributed by atoms with Crippen LogP contribution in [0.5, 0.6) is 0 Å². The molecule has 0 saturated carbocycles. The summed E-state index contributed by atoms with van der Waals surface area (Å²) in [5, 5.41) is 11.7. The molecule has 3 heterocycles. The molecule has 31 heavy (non-hydrogen) atoms. The molecule has 12 heteroatoms. The van der Waals surface area contributed by atoms with Gasteiger partial charge in [0.1, 0.15) is 16.5 Å². The molecule has 0 aliphatic carbocycles. The number of carbonyl (C=O) groups is 1. The maximum atomic E-state index is 13.9. The van der Waals surface area contributed by atoms with Crippen molar-refractivity contribution in [1.29, 1.82) is 0 Å². The van der Waals surface area contributed by atoms with E-state index in [-0.39, 0.29) is 44.9 Å². The molecule has 1 fully saturated rings. The van der Waals surface area contributed by atoms with Crippen LogP contribution >= 0.6 is 11.3 Å². The quantitative estimate of drug-likeness (QED) is 0.552. The predicted molar refractivity (Wildman–Crippen MR) is 108 cm³/mol. The highest BCUT2D eigenvalue weighted by Gasteiger charge is 2.32. The molecule has 1 aliphatic heterocycles. The van der Waals surface area contributed by atoms with Crippen molar-refractivity contribution in [3.63, 3.8) is 0 Å². The Kier molecular flexibility index (Phi) is 6.12. The zero-order chi connectivity index (χ0) is 22.0. The van der Waals surface area contributed by atoms with E-state index in [1.54, 1.807) is 4.90 Å². The van der Waals surface area contributed by atoms with Crippen LogP contribution in [-0.4, -0.2) is 59.9 Å². The highest BCUT2D eigenvalue weighted by molar-refractivity contribution is 7.89. The van der Waals surface area contributed by atoms with Crippen molar-refractivity contribution in [2.45, 2.75) is 17.7 Å². The third kappa shape index (κ3) is 4.65. The number of rotatable bonds is 6. The van der Waals surface area contributed by atoms with Crippen LogP contribution in [0.25, 0.3) is 11.5 Å². The number of hydrogen-bond acceptors (Lipinski definition) is 7. The first-order valence-electron chi connectivity index (χ1n) is 9.42. The van der Waals surface area contributed by atoms with Gasteiger partial charge in [-0.25, -0.2) is 17.2 Å². The zero-order valence-corrected chi connectivity index (χ0v) is 17.8. The van der Waals surface area contributed by atoms with Gasteiger partial charge in [0, 0.05) is 56.0 Å². The number of aryl methyl sites for hydroxylation is 1. The second kappa shape index (κ2) is 8.81.